The highest BCUT2D eigenvalue weighted by molar-refractivity contribution is 6.04. The van der Waals surface area contributed by atoms with E-state index in [0.29, 0.717) is 41.5 Å². The van der Waals surface area contributed by atoms with Crippen molar-refractivity contribution in [3.05, 3.63) is 71.3 Å². The summed E-state index contributed by atoms with van der Waals surface area (Å²) in [5, 5.41) is 11.0. The second-order valence-corrected chi connectivity index (χ2v) is 9.12. The van der Waals surface area contributed by atoms with Gasteiger partial charge in [-0.15, -0.1) is 10.2 Å². The Morgan fingerprint density at radius 2 is 2.06 bits per heavy atom. The van der Waals surface area contributed by atoms with Crippen LogP contribution < -0.4 is 5.32 Å². The van der Waals surface area contributed by atoms with Gasteiger partial charge in [0.25, 0.3) is 5.91 Å². The number of anilines is 1. The van der Waals surface area contributed by atoms with Crippen LogP contribution in [0.25, 0.3) is 17.2 Å². The fourth-order valence-electron chi connectivity index (χ4n) is 4.61. The zero-order valence-electron chi connectivity index (χ0n) is 19.1. The first-order valence-electron chi connectivity index (χ1n) is 11.6. The van der Waals surface area contributed by atoms with E-state index >= 15 is 0 Å². The predicted molar refractivity (Wildman–Crippen MR) is 125 cm³/mol. The van der Waals surface area contributed by atoms with Crippen molar-refractivity contribution in [2.24, 2.45) is 0 Å². The minimum atomic E-state index is -0.622. The molecule has 10 heteroatoms. The maximum atomic E-state index is 14.8. The smallest absolute Gasteiger partial charge is 0.259 e. The number of aromatic nitrogens is 6. The molecule has 1 aliphatic carbocycles. The van der Waals surface area contributed by atoms with E-state index in [1.165, 1.54) is 12.1 Å². The van der Waals surface area contributed by atoms with Gasteiger partial charge in [0.2, 0.25) is 0 Å². The van der Waals surface area contributed by atoms with Gasteiger partial charge in [-0.1, -0.05) is 6.07 Å². The Morgan fingerprint density at radius 1 is 1.20 bits per heavy atom. The quantitative estimate of drug-likeness (QED) is 0.442. The number of halogens is 2. The van der Waals surface area contributed by atoms with Gasteiger partial charge in [-0.3, -0.25) is 4.79 Å². The molecule has 1 amide bonds. The number of carbonyl (C=O) groups is 1. The number of nitrogens with zero attached hydrogens (tertiary/aromatic N) is 6. The Morgan fingerprint density at radius 3 is 2.86 bits per heavy atom. The topological polar surface area (TPSA) is 90.5 Å². The van der Waals surface area contributed by atoms with Crippen molar-refractivity contribution >= 4 is 11.7 Å². The third-order valence-electron chi connectivity index (χ3n) is 6.64. The molecule has 0 spiro atoms. The number of imidazole rings is 1. The second kappa shape index (κ2) is 8.37. The molecule has 1 fully saturated rings. The molecule has 1 aliphatic heterocycles. The molecular formula is C25H23F2N7O. The van der Waals surface area contributed by atoms with Crippen LogP contribution in [0.1, 0.15) is 58.7 Å². The zero-order chi connectivity index (χ0) is 24.1. The minimum absolute atomic E-state index is 0.0969. The molecule has 0 saturated heterocycles. The minimum Gasteiger partial charge on any atom is -0.306 e. The summed E-state index contributed by atoms with van der Waals surface area (Å²) in [5.74, 6) is 0.654. The van der Waals surface area contributed by atoms with Crippen LogP contribution in [-0.4, -0.2) is 41.9 Å². The number of pyridine rings is 1. The number of nitrogens with one attached hydrogen (secondary N) is 1. The molecule has 4 aromatic rings. The van der Waals surface area contributed by atoms with Crippen molar-refractivity contribution in [1.29, 1.82) is 0 Å². The lowest BCUT2D eigenvalue weighted by molar-refractivity contribution is 0.102. The van der Waals surface area contributed by atoms with Gasteiger partial charge in [0.05, 0.1) is 29.3 Å². The molecule has 178 valence electrons. The summed E-state index contributed by atoms with van der Waals surface area (Å²) < 4.78 is 31.9. The average molecular weight is 476 g/mol. The van der Waals surface area contributed by atoms with Gasteiger partial charge in [-0.2, -0.15) is 0 Å². The largest absolute Gasteiger partial charge is 0.306 e. The molecule has 1 saturated carbocycles. The Kier molecular flexibility index (Phi) is 5.16. The van der Waals surface area contributed by atoms with Crippen LogP contribution >= 0.6 is 0 Å². The SMILES string of the molecule is Cc1cc(F)c(C(=O)Nc2cccc(-c3nnc4n3[C@@H](CF)CC4)n2)cc1-n1cnc(C2CC2)c1. The number of hydrogen-bond donors (Lipinski definition) is 1. The number of fused-ring (bicyclic) bond motifs is 1. The fraction of sp³-hybridized carbons (Fsp3) is 0.320. The Labute approximate surface area is 200 Å². The molecule has 8 nitrogen and oxygen atoms in total. The number of carbonyl (C=O) groups excluding carboxylic acids is 1. The highest BCUT2D eigenvalue weighted by Gasteiger charge is 2.28. The van der Waals surface area contributed by atoms with Crippen LogP contribution in [0.5, 0.6) is 0 Å². The van der Waals surface area contributed by atoms with E-state index in [1.807, 2.05) is 10.8 Å². The summed E-state index contributed by atoms with van der Waals surface area (Å²) in [7, 11) is 0. The van der Waals surface area contributed by atoms with Crippen molar-refractivity contribution < 1.29 is 13.6 Å². The van der Waals surface area contributed by atoms with E-state index in [1.54, 1.807) is 36.0 Å². The van der Waals surface area contributed by atoms with Crippen LogP contribution in [0.15, 0.2) is 42.9 Å². The van der Waals surface area contributed by atoms with Crippen molar-refractivity contribution in [3.63, 3.8) is 0 Å². The lowest BCUT2D eigenvalue weighted by Gasteiger charge is -2.13. The monoisotopic (exact) mass is 475 g/mol. The van der Waals surface area contributed by atoms with Gasteiger partial charge in [0, 0.05) is 18.5 Å². The number of amides is 1. The highest BCUT2D eigenvalue weighted by Crippen LogP contribution is 2.39. The van der Waals surface area contributed by atoms with Gasteiger partial charge in [-0.25, -0.2) is 18.7 Å². The molecule has 1 N–H and O–H groups in total. The molecule has 3 aromatic heterocycles. The first kappa shape index (κ1) is 21.6. The third kappa shape index (κ3) is 3.88. The Hall–Kier alpha value is -3.95. The summed E-state index contributed by atoms with van der Waals surface area (Å²) in [6.45, 7) is 1.28. The first-order chi connectivity index (χ1) is 17.0. The summed E-state index contributed by atoms with van der Waals surface area (Å²) in [4.78, 5) is 22.0. The van der Waals surface area contributed by atoms with E-state index in [9.17, 15) is 13.6 Å². The van der Waals surface area contributed by atoms with Crippen molar-refractivity contribution in [1.82, 2.24) is 29.3 Å². The molecule has 0 radical (unpaired) electrons. The van der Waals surface area contributed by atoms with E-state index in [0.717, 1.165) is 24.4 Å². The predicted octanol–water partition coefficient (Wildman–Crippen LogP) is 4.56. The Bertz CT molecular complexity index is 1440. The van der Waals surface area contributed by atoms with Gasteiger partial charge in [0.1, 0.15) is 29.8 Å². The van der Waals surface area contributed by atoms with E-state index in [2.05, 4.69) is 25.5 Å². The van der Waals surface area contributed by atoms with Crippen molar-refractivity contribution in [2.75, 3.05) is 12.0 Å². The average Bonchev–Trinajstić information content (AvgIpc) is 3.25. The maximum absolute atomic E-state index is 14.8. The van der Waals surface area contributed by atoms with Crippen molar-refractivity contribution in [2.45, 2.75) is 44.6 Å². The van der Waals surface area contributed by atoms with Crippen LogP contribution in [0.3, 0.4) is 0 Å². The van der Waals surface area contributed by atoms with Gasteiger partial charge in [0.15, 0.2) is 5.82 Å². The van der Waals surface area contributed by atoms with Crippen LogP contribution in [0.2, 0.25) is 0 Å². The number of alkyl halides is 1. The molecule has 35 heavy (non-hydrogen) atoms. The lowest BCUT2D eigenvalue weighted by Crippen LogP contribution is -2.16. The standard InChI is InChI=1S/C25H23F2N7O/c1-14-9-18(27)17(10-21(14)33-12-20(28-13-33)15-5-6-15)25(35)30-22-4-2-3-19(29-22)24-32-31-23-8-7-16(11-26)34(23)24/h2-4,9-10,12-13,15-16H,5-8,11H2,1H3,(H,29,30,35)/t16-/m1/s1. The summed E-state index contributed by atoms with van der Waals surface area (Å²) in [6, 6.07) is 7.60. The number of rotatable bonds is 6. The van der Waals surface area contributed by atoms with Gasteiger partial charge < -0.3 is 14.5 Å². The summed E-state index contributed by atoms with van der Waals surface area (Å²) in [6.07, 6.45) is 7.22. The molecule has 6 rings (SSSR count). The van der Waals surface area contributed by atoms with E-state index < -0.39 is 18.4 Å². The number of hydrogen-bond acceptors (Lipinski definition) is 5. The molecule has 4 heterocycles. The highest BCUT2D eigenvalue weighted by atomic mass is 19.1. The van der Waals surface area contributed by atoms with Crippen LogP contribution in [0.4, 0.5) is 14.6 Å². The summed E-state index contributed by atoms with van der Waals surface area (Å²) in [5.41, 5.74) is 2.75. The fourth-order valence-corrected chi connectivity index (χ4v) is 4.61. The maximum Gasteiger partial charge on any atom is 0.259 e. The number of benzene rings is 1. The summed E-state index contributed by atoms with van der Waals surface area (Å²) >= 11 is 0. The lowest BCUT2D eigenvalue weighted by atomic mass is 10.1. The molecule has 0 bridgehead atoms. The molecular weight excluding hydrogens is 452 g/mol. The van der Waals surface area contributed by atoms with Gasteiger partial charge in [-0.05, 0) is 56.0 Å². The van der Waals surface area contributed by atoms with E-state index in [-0.39, 0.29) is 17.4 Å². The van der Waals surface area contributed by atoms with Crippen molar-refractivity contribution in [3.8, 4) is 17.2 Å². The Balaban J connectivity index is 1.28. The van der Waals surface area contributed by atoms with Gasteiger partial charge >= 0.3 is 0 Å². The number of aryl methyl sites for hydroxylation is 2. The molecule has 1 atom stereocenters. The molecule has 0 unspecified atom stereocenters. The second-order valence-electron chi connectivity index (χ2n) is 9.12. The normalized spacial score (nSPS) is 16.9. The van der Waals surface area contributed by atoms with Crippen LogP contribution in [-0.2, 0) is 6.42 Å². The zero-order valence-corrected chi connectivity index (χ0v) is 19.1. The molecule has 2 aliphatic rings. The van der Waals surface area contributed by atoms with E-state index in [4.69, 9.17) is 0 Å². The van der Waals surface area contributed by atoms with Crippen LogP contribution in [0, 0.1) is 12.7 Å². The third-order valence-corrected chi connectivity index (χ3v) is 6.64. The first-order valence-corrected chi connectivity index (χ1v) is 11.6. The molecule has 1 aromatic carbocycles.